The molecule has 0 saturated heterocycles. The maximum Gasteiger partial charge on any atom is 0.0568 e. The summed E-state index contributed by atoms with van der Waals surface area (Å²) in [5.41, 5.74) is 1.12. The summed E-state index contributed by atoms with van der Waals surface area (Å²) in [6, 6.07) is 0. The highest BCUT2D eigenvalue weighted by atomic mass is 16.3. The van der Waals surface area contributed by atoms with E-state index in [1.807, 2.05) is 0 Å². The molecule has 0 spiro atoms. The molecule has 1 heteroatoms. The van der Waals surface area contributed by atoms with Gasteiger partial charge in [0.25, 0.3) is 0 Å². The van der Waals surface area contributed by atoms with Gasteiger partial charge in [0.15, 0.2) is 0 Å². The Morgan fingerprint density at radius 2 is 1.45 bits per heavy atom. The topological polar surface area (TPSA) is 20.2 Å². The van der Waals surface area contributed by atoms with Gasteiger partial charge in [0, 0.05) is 0 Å². The first-order chi connectivity index (χ1) is 13.7. The molecular weight excluding hydrogens is 352 g/mol. The van der Waals surface area contributed by atoms with Crippen molar-refractivity contribution in [2.24, 2.45) is 58.2 Å². The monoisotopic (exact) mass is 402 g/mol. The van der Waals surface area contributed by atoms with Gasteiger partial charge in [-0.1, -0.05) is 60.8 Å². The van der Waals surface area contributed by atoms with Crippen LogP contribution in [0.15, 0.2) is 0 Å². The Bertz CT molecular complexity index is 569. The zero-order valence-corrected chi connectivity index (χ0v) is 20.4. The second kappa shape index (κ2) is 8.14. The number of hydrogen-bond acceptors (Lipinski definition) is 1. The SMILES string of the molecule is CC(C)CCC[C@H](C)[C@@H]1CC[C@@H]2[C@H]3CC[C@H]4[C@H](C)[C@@H](O)CC[C@]4(C)[C@@H]3CC[C@@]21C. The quantitative estimate of drug-likeness (QED) is 0.499. The van der Waals surface area contributed by atoms with Crippen LogP contribution in [0.4, 0.5) is 0 Å². The van der Waals surface area contributed by atoms with Gasteiger partial charge in [0.2, 0.25) is 0 Å². The summed E-state index contributed by atoms with van der Waals surface area (Å²) < 4.78 is 0. The summed E-state index contributed by atoms with van der Waals surface area (Å²) in [5, 5.41) is 10.5. The maximum absolute atomic E-state index is 10.5. The zero-order chi connectivity index (χ0) is 21.0. The molecule has 10 atom stereocenters. The van der Waals surface area contributed by atoms with Crippen LogP contribution < -0.4 is 0 Å². The van der Waals surface area contributed by atoms with Crippen molar-refractivity contribution in [1.82, 2.24) is 0 Å². The zero-order valence-electron chi connectivity index (χ0n) is 20.4. The van der Waals surface area contributed by atoms with Gasteiger partial charge < -0.3 is 5.11 Å². The molecule has 4 aliphatic rings. The molecule has 0 aliphatic heterocycles. The lowest BCUT2D eigenvalue weighted by atomic mass is 9.43. The van der Waals surface area contributed by atoms with E-state index < -0.39 is 0 Å². The molecule has 1 N–H and O–H groups in total. The third-order valence-corrected chi connectivity index (χ3v) is 11.4. The predicted octanol–water partition coefficient (Wildman–Crippen LogP) is 7.71. The van der Waals surface area contributed by atoms with Crippen molar-refractivity contribution in [3.05, 3.63) is 0 Å². The fraction of sp³-hybridized carbons (Fsp3) is 1.00. The average molecular weight is 403 g/mol. The van der Waals surface area contributed by atoms with Crippen molar-refractivity contribution >= 4 is 0 Å². The lowest BCUT2D eigenvalue weighted by Crippen LogP contribution is -2.56. The summed E-state index contributed by atoms with van der Waals surface area (Å²) in [6.45, 7) is 15.0. The van der Waals surface area contributed by atoms with Gasteiger partial charge in [0.05, 0.1) is 6.10 Å². The van der Waals surface area contributed by atoms with Crippen LogP contribution >= 0.6 is 0 Å². The lowest BCUT2D eigenvalue weighted by molar-refractivity contribution is -0.149. The summed E-state index contributed by atoms with van der Waals surface area (Å²) >= 11 is 0. The molecule has 0 aromatic rings. The van der Waals surface area contributed by atoms with E-state index in [0.29, 0.717) is 16.7 Å². The summed E-state index contributed by atoms with van der Waals surface area (Å²) in [7, 11) is 0. The van der Waals surface area contributed by atoms with Crippen LogP contribution in [0.5, 0.6) is 0 Å². The molecule has 0 radical (unpaired) electrons. The van der Waals surface area contributed by atoms with Crippen molar-refractivity contribution in [3.8, 4) is 0 Å². The van der Waals surface area contributed by atoms with Crippen LogP contribution in [-0.2, 0) is 0 Å². The van der Waals surface area contributed by atoms with Crippen LogP contribution in [0, 0.1) is 58.2 Å². The Balaban J connectivity index is 1.48. The second-order valence-electron chi connectivity index (χ2n) is 13.1. The van der Waals surface area contributed by atoms with Crippen molar-refractivity contribution in [3.63, 3.8) is 0 Å². The highest BCUT2D eigenvalue weighted by Gasteiger charge is 2.61. The van der Waals surface area contributed by atoms with Gasteiger partial charge in [-0.05, 0) is 110 Å². The molecular formula is C28H50O. The van der Waals surface area contributed by atoms with Crippen molar-refractivity contribution < 1.29 is 5.11 Å². The predicted molar refractivity (Wildman–Crippen MR) is 124 cm³/mol. The first-order valence-electron chi connectivity index (χ1n) is 13.4. The molecule has 168 valence electrons. The molecule has 0 heterocycles. The van der Waals surface area contributed by atoms with Crippen molar-refractivity contribution in [1.29, 1.82) is 0 Å². The van der Waals surface area contributed by atoms with Crippen LogP contribution in [0.2, 0.25) is 0 Å². The first-order valence-corrected chi connectivity index (χ1v) is 13.4. The van der Waals surface area contributed by atoms with Gasteiger partial charge >= 0.3 is 0 Å². The van der Waals surface area contributed by atoms with Crippen LogP contribution in [0.1, 0.15) is 112 Å². The van der Waals surface area contributed by atoms with E-state index in [1.54, 1.807) is 0 Å². The molecule has 4 rings (SSSR count). The van der Waals surface area contributed by atoms with Gasteiger partial charge in [0.1, 0.15) is 0 Å². The minimum atomic E-state index is -0.0407. The minimum Gasteiger partial charge on any atom is -0.393 e. The molecule has 0 amide bonds. The third kappa shape index (κ3) is 3.64. The highest BCUT2D eigenvalue weighted by Crippen LogP contribution is 2.68. The number of fused-ring (bicyclic) bond motifs is 5. The Labute approximate surface area is 181 Å². The summed E-state index contributed by atoms with van der Waals surface area (Å²) in [5.74, 6) is 6.92. The van der Waals surface area contributed by atoms with E-state index in [2.05, 4.69) is 41.5 Å². The Kier molecular flexibility index (Phi) is 6.22. The Hall–Kier alpha value is -0.0400. The van der Waals surface area contributed by atoms with Gasteiger partial charge in [-0.15, -0.1) is 0 Å². The molecule has 0 aromatic heterocycles. The molecule has 4 fully saturated rings. The molecule has 1 nitrogen and oxygen atoms in total. The van der Waals surface area contributed by atoms with E-state index in [4.69, 9.17) is 0 Å². The van der Waals surface area contributed by atoms with E-state index in [-0.39, 0.29) is 6.10 Å². The minimum absolute atomic E-state index is 0.0407. The van der Waals surface area contributed by atoms with Crippen LogP contribution in [0.3, 0.4) is 0 Å². The lowest BCUT2D eigenvalue weighted by Gasteiger charge is -2.62. The smallest absolute Gasteiger partial charge is 0.0568 e. The molecule has 0 aromatic carbocycles. The Morgan fingerprint density at radius 1 is 0.793 bits per heavy atom. The van der Waals surface area contributed by atoms with E-state index in [0.717, 1.165) is 47.8 Å². The van der Waals surface area contributed by atoms with Gasteiger partial charge in [-0.25, -0.2) is 0 Å². The number of hydrogen-bond donors (Lipinski definition) is 1. The maximum atomic E-state index is 10.5. The number of aliphatic hydroxyl groups excluding tert-OH is 1. The Morgan fingerprint density at radius 3 is 2.17 bits per heavy atom. The number of aliphatic hydroxyl groups is 1. The normalized spacial score (nSPS) is 50.7. The highest BCUT2D eigenvalue weighted by molar-refractivity contribution is 5.10. The second-order valence-corrected chi connectivity index (χ2v) is 13.1. The van der Waals surface area contributed by atoms with Gasteiger partial charge in [-0.3, -0.25) is 0 Å². The van der Waals surface area contributed by atoms with E-state index in [9.17, 15) is 5.11 Å². The molecule has 29 heavy (non-hydrogen) atoms. The van der Waals surface area contributed by atoms with E-state index >= 15 is 0 Å². The van der Waals surface area contributed by atoms with E-state index in [1.165, 1.54) is 64.2 Å². The first kappa shape index (κ1) is 22.2. The van der Waals surface area contributed by atoms with Crippen LogP contribution in [0.25, 0.3) is 0 Å². The fourth-order valence-electron chi connectivity index (χ4n) is 9.73. The number of rotatable bonds is 5. The standard InChI is InChI=1S/C28H50O/c1-18(2)8-7-9-19(3)22-12-13-24-21-10-11-23-20(4)26(29)15-17-28(23,6)25(21)14-16-27(22,24)5/h18-26,29H,7-17H2,1-6H3/t19-,20-,21+,22-,23-,24+,25+,26-,27+,28-/m0/s1. The molecule has 4 saturated carbocycles. The van der Waals surface area contributed by atoms with Crippen LogP contribution in [-0.4, -0.2) is 11.2 Å². The molecule has 0 bridgehead atoms. The largest absolute Gasteiger partial charge is 0.393 e. The molecule has 0 unspecified atom stereocenters. The van der Waals surface area contributed by atoms with Crippen molar-refractivity contribution in [2.45, 2.75) is 118 Å². The fourth-order valence-corrected chi connectivity index (χ4v) is 9.73. The summed E-state index contributed by atoms with van der Waals surface area (Å²) in [6.07, 6.45) is 15.4. The summed E-state index contributed by atoms with van der Waals surface area (Å²) in [4.78, 5) is 0. The average Bonchev–Trinajstić information content (AvgIpc) is 3.02. The van der Waals surface area contributed by atoms with Gasteiger partial charge in [-0.2, -0.15) is 0 Å². The van der Waals surface area contributed by atoms with Crippen molar-refractivity contribution in [2.75, 3.05) is 0 Å². The molecule has 4 aliphatic carbocycles. The third-order valence-electron chi connectivity index (χ3n) is 11.4.